The molecule has 0 bridgehead atoms. The first kappa shape index (κ1) is 20.8. The van der Waals surface area contributed by atoms with Crippen LogP contribution in [0.4, 0.5) is 0 Å². The summed E-state index contributed by atoms with van der Waals surface area (Å²) in [5, 5.41) is 2.12. The maximum absolute atomic E-state index is 12.4. The average molecular weight is 375 g/mol. The lowest BCUT2D eigenvalue weighted by Gasteiger charge is -2.23. The minimum absolute atomic E-state index is 0.121. The van der Waals surface area contributed by atoms with Crippen molar-refractivity contribution in [1.82, 2.24) is 9.62 Å². The highest BCUT2D eigenvalue weighted by Gasteiger charge is 2.24. The van der Waals surface area contributed by atoms with Crippen molar-refractivity contribution in [2.45, 2.75) is 49.1 Å². The van der Waals surface area contributed by atoms with Gasteiger partial charge in [0.2, 0.25) is 15.9 Å². The van der Waals surface area contributed by atoms with Gasteiger partial charge in [0, 0.05) is 36.2 Å². The van der Waals surface area contributed by atoms with E-state index in [4.69, 9.17) is 0 Å². The Morgan fingerprint density at radius 1 is 1.29 bits per heavy atom. The lowest BCUT2D eigenvalue weighted by atomic mass is 10.1. The second-order valence-electron chi connectivity index (χ2n) is 6.84. The van der Waals surface area contributed by atoms with E-state index >= 15 is 0 Å². The third-order valence-corrected chi connectivity index (χ3v) is 6.68. The molecular weight excluding hydrogens is 348 g/mol. The fourth-order valence-corrected chi connectivity index (χ4v) is 3.91. The quantitative estimate of drug-likeness (QED) is 0.818. The van der Waals surface area contributed by atoms with Crippen LogP contribution in [0, 0.1) is 0 Å². The number of carbonyl (C=O) groups is 1. The van der Waals surface area contributed by atoms with Crippen LogP contribution >= 0.6 is 0 Å². The van der Waals surface area contributed by atoms with Crippen LogP contribution in [-0.4, -0.2) is 47.7 Å². The molecule has 0 aliphatic carbocycles. The number of sulfonamides is 1. The van der Waals surface area contributed by atoms with Gasteiger partial charge in [0.1, 0.15) is 5.25 Å². The van der Waals surface area contributed by atoms with Crippen molar-refractivity contribution < 1.29 is 17.4 Å². The van der Waals surface area contributed by atoms with Crippen LogP contribution in [0.1, 0.15) is 33.3 Å². The van der Waals surface area contributed by atoms with Crippen LogP contribution in [0.5, 0.6) is 0 Å². The Morgan fingerprint density at radius 3 is 2.38 bits per heavy atom. The molecule has 0 saturated carbocycles. The summed E-state index contributed by atoms with van der Waals surface area (Å²) in [7, 11) is -2.07. The minimum Gasteiger partial charge on any atom is -0.350 e. The van der Waals surface area contributed by atoms with Crippen molar-refractivity contribution in [2.24, 2.45) is 0 Å². The van der Waals surface area contributed by atoms with Crippen LogP contribution in [0.3, 0.4) is 0 Å². The highest BCUT2D eigenvalue weighted by molar-refractivity contribution is 7.89. The fraction of sp³-hybridized carbons (Fsp3) is 0.562. The van der Waals surface area contributed by atoms with Gasteiger partial charge in [-0.3, -0.25) is 9.00 Å². The molecule has 8 heteroatoms. The molecule has 0 aliphatic heterocycles. The van der Waals surface area contributed by atoms with E-state index in [1.807, 2.05) is 20.8 Å². The second-order valence-corrected chi connectivity index (χ2v) is 10.8. The Labute approximate surface area is 147 Å². The minimum atomic E-state index is -3.54. The van der Waals surface area contributed by atoms with Crippen molar-refractivity contribution >= 4 is 26.7 Å². The summed E-state index contributed by atoms with van der Waals surface area (Å²) < 4.78 is 37.9. The van der Waals surface area contributed by atoms with Crippen LogP contribution in [0.25, 0.3) is 0 Å². The summed E-state index contributed by atoms with van der Waals surface area (Å²) in [4.78, 5) is 12.2. The summed E-state index contributed by atoms with van der Waals surface area (Å²) in [5.74, 6) is -0.159. The third-order valence-electron chi connectivity index (χ3n) is 3.25. The first-order valence-corrected chi connectivity index (χ1v) is 10.4. The summed E-state index contributed by atoms with van der Waals surface area (Å²) in [6, 6.07) is 6.32. The molecule has 0 aromatic heterocycles. The monoisotopic (exact) mass is 374 g/mol. The topological polar surface area (TPSA) is 83.5 Å². The Morgan fingerprint density at radius 2 is 1.88 bits per heavy atom. The van der Waals surface area contributed by atoms with E-state index < -0.39 is 31.6 Å². The third kappa shape index (κ3) is 5.68. The first-order valence-electron chi connectivity index (χ1n) is 7.55. The van der Waals surface area contributed by atoms with E-state index in [1.54, 1.807) is 19.1 Å². The molecule has 6 nitrogen and oxygen atoms in total. The molecule has 1 N–H and O–H groups in total. The van der Waals surface area contributed by atoms with Crippen LogP contribution in [-0.2, 0) is 31.4 Å². The van der Waals surface area contributed by atoms with Gasteiger partial charge in [-0.25, -0.2) is 12.7 Å². The number of nitrogens with zero attached hydrogens (tertiary/aromatic N) is 1. The van der Waals surface area contributed by atoms with Crippen LogP contribution < -0.4 is 5.32 Å². The average Bonchev–Trinajstić information content (AvgIpc) is 2.44. The van der Waals surface area contributed by atoms with Gasteiger partial charge >= 0.3 is 0 Å². The summed E-state index contributed by atoms with van der Waals surface area (Å²) in [5.41, 5.74) is 0.224. The molecule has 1 aromatic carbocycles. The zero-order valence-corrected chi connectivity index (χ0v) is 16.6. The predicted molar refractivity (Wildman–Crippen MR) is 96.5 cm³/mol. The Bertz CT molecular complexity index is 722. The highest BCUT2D eigenvalue weighted by Crippen LogP contribution is 2.17. The smallest absolute Gasteiger partial charge is 0.242 e. The number of rotatable bonds is 6. The van der Waals surface area contributed by atoms with E-state index in [1.165, 1.54) is 26.2 Å². The zero-order valence-electron chi connectivity index (χ0n) is 15.0. The second kappa shape index (κ2) is 7.76. The molecule has 0 aliphatic rings. The van der Waals surface area contributed by atoms with Gasteiger partial charge in [-0.2, -0.15) is 0 Å². The van der Waals surface area contributed by atoms with Crippen LogP contribution in [0.15, 0.2) is 29.2 Å². The molecule has 1 aromatic rings. The standard InChI is InChI=1S/C16H26N2O4S2/c1-12(15(19)17-16(2,3)4)23(20)11-13-8-7-9-14(10-13)24(21,22)18(5)6/h7-10,12H,11H2,1-6H3,(H,17,19)/t12-,23-/m0/s1. The Hall–Kier alpha value is -1.25. The molecule has 0 unspecified atom stereocenters. The zero-order chi connectivity index (χ0) is 18.7. The molecule has 24 heavy (non-hydrogen) atoms. The van der Waals surface area contributed by atoms with Gasteiger partial charge in [-0.1, -0.05) is 12.1 Å². The number of amides is 1. The van der Waals surface area contributed by atoms with Gasteiger partial charge < -0.3 is 5.32 Å². The van der Waals surface area contributed by atoms with Crippen molar-refractivity contribution in [1.29, 1.82) is 0 Å². The Balaban J connectivity index is 2.91. The molecule has 1 rings (SSSR count). The van der Waals surface area contributed by atoms with E-state index in [9.17, 15) is 17.4 Å². The van der Waals surface area contributed by atoms with Gasteiger partial charge in [-0.05, 0) is 45.4 Å². The van der Waals surface area contributed by atoms with E-state index in [2.05, 4.69) is 5.32 Å². The molecule has 0 fully saturated rings. The van der Waals surface area contributed by atoms with Crippen molar-refractivity contribution in [3.63, 3.8) is 0 Å². The number of benzene rings is 1. The lowest BCUT2D eigenvalue weighted by Crippen LogP contribution is -2.46. The molecule has 0 heterocycles. The molecule has 2 atom stereocenters. The van der Waals surface area contributed by atoms with E-state index in [0.717, 1.165) is 4.31 Å². The molecule has 0 radical (unpaired) electrons. The number of hydrogen-bond acceptors (Lipinski definition) is 4. The number of hydrogen-bond donors (Lipinski definition) is 1. The molecule has 1 amide bonds. The van der Waals surface area contributed by atoms with Crippen molar-refractivity contribution in [3.05, 3.63) is 29.8 Å². The predicted octanol–water partition coefficient (Wildman–Crippen LogP) is 1.49. The lowest BCUT2D eigenvalue weighted by molar-refractivity contribution is -0.121. The maximum atomic E-state index is 12.4. The van der Waals surface area contributed by atoms with E-state index in [-0.39, 0.29) is 16.6 Å². The van der Waals surface area contributed by atoms with Gasteiger partial charge in [-0.15, -0.1) is 0 Å². The summed E-state index contributed by atoms with van der Waals surface area (Å²) in [6.45, 7) is 7.18. The van der Waals surface area contributed by atoms with Gasteiger partial charge in [0.05, 0.1) is 4.90 Å². The van der Waals surface area contributed by atoms with Crippen molar-refractivity contribution in [3.8, 4) is 0 Å². The van der Waals surface area contributed by atoms with E-state index in [0.29, 0.717) is 5.56 Å². The van der Waals surface area contributed by atoms with Gasteiger partial charge in [0.25, 0.3) is 0 Å². The summed E-state index contributed by atoms with van der Waals surface area (Å²) >= 11 is 0. The maximum Gasteiger partial charge on any atom is 0.242 e. The molecule has 0 spiro atoms. The Kier molecular flexibility index (Phi) is 6.72. The fourth-order valence-electron chi connectivity index (χ4n) is 1.89. The number of carbonyl (C=O) groups excluding carboxylic acids is 1. The molecular formula is C16H26N2O4S2. The SMILES string of the molecule is C[C@@H](C(=O)NC(C)(C)C)[S@@](=O)Cc1cccc(S(=O)(=O)N(C)C)c1. The van der Waals surface area contributed by atoms with Gasteiger partial charge in [0.15, 0.2) is 0 Å². The van der Waals surface area contributed by atoms with Crippen molar-refractivity contribution in [2.75, 3.05) is 14.1 Å². The molecule has 0 saturated heterocycles. The highest BCUT2D eigenvalue weighted by atomic mass is 32.2. The molecule has 136 valence electrons. The first-order chi connectivity index (χ1) is 10.8. The summed E-state index contributed by atoms with van der Waals surface area (Å²) in [6.07, 6.45) is 0. The largest absolute Gasteiger partial charge is 0.350 e. The van der Waals surface area contributed by atoms with Crippen LogP contribution in [0.2, 0.25) is 0 Å². The normalized spacial score (nSPS) is 15.1. The number of nitrogens with one attached hydrogen (secondary N) is 1.